The molecule has 0 aromatic carbocycles. The number of nitrogens with one attached hydrogen (secondary N) is 1. The molecule has 0 bridgehead atoms. The summed E-state index contributed by atoms with van der Waals surface area (Å²) in [6.45, 7) is 1.91. The highest BCUT2D eigenvalue weighted by atomic mass is 19.4. The zero-order valence-corrected chi connectivity index (χ0v) is 10.5. The van der Waals surface area contributed by atoms with Gasteiger partial charge in [-0.2, -0.15) is 18.4 Å². The van der Waals surface area contributed by atoms with Crippen LogP contribution >= 0.6 is 0 Å². The summed E-state index contributed by atoms with van der Waals surface area (Å²) in [5.74, 6) is 0.472. The Labute approximate surface area is 109 Å². The zero-order chi connectivity index (χ0) is 14.0. The first kappa shape index (κ1) is 13.7. The van der Waals surface area contributed by atoms with Gasteiger partial charge in [0, 0.05) is 6.04 Å². The average molecular weight is 269 g/mol. The Hall–Kier alpha value is -1.77. The van der Waals surface area contributed by atoms with E-state index in [0.29, 0.717) is 5.92 Å². The molecule has 1 aromatic rings. The summed E-state index contributed by atoms with van der Waals surface area (Å²) in [6, 6.07) is 3.88. The molecule has 0 radical (unpaired) electrons. The fourth-order valence-corrected chi connectivity index (χ4v) is 2.09. The van der Waals surface area contributed by atoms with E-state index in [9.17, 15) is 13.2 Å². The van der Waals surface area contributed by atoms with Crippen LogP contribution in [0.5, 0.6) is 0 Å². The first-order valence-corrected chi connectivity index (χ1v) is 6.16. The van der Waals surface area contributed by atoms with Crippen molar-refractivity contribution in [1.82, 2.24) is 4.98 Å². The maximum absolute atomic E-state index is 12.6. The number of pyridine rings is 1. The van der Waals surface area contributed by atoms with E-state index in [0.717, 1.165) is 31.4 Å². The maximum Gasteiger partial charge on any atom is 0.433 e. The second-order valence-corrected chi connectivity index (χ2v) is 4.83. The third-order valence-electron chi connectivity index (χ3n) is 3.53. The van der Waals surface area contributed by atoms with Gasteiger partial charge in [-0.25, -0.2) is 4.98 Å². The van der Waals surface area contributed by atoms with Crippen molar-refractivity contribution < 1.29 is 13.2 Å². The van der Waals surface area contributed by atoms with Gasteiger partial charge in [-0.05, 0) is 37.8 Å². The molecule has 1 unspecified atom stereocenters. The van der Waals surface area contributed by atoms with Crippen molar-refractivity contribution in [3.8, 4) is 6.07 Å². The minimum atomic E-state index is -4.50. The van der Waals surface area contributed by atoms with Gasteiger partial charge < -0.3 is 5.32 Å². The van der Waals surface area contributed by atoms with Crippen molar-refractivity contribution in [2.24, 2.45) is 5.92 Å². The van der Waals surface area contributed by atoms with Crippen LogP contribution in [0.3, 0.4) is 0 Å². The first-order chi connectivity index (χ1) is 8.91. The summed E-state index contributed by atoms with van der Waals surface area (Å²) in [6.07, 6.45) is -1.22. The Morgan fingerprint density at radius 2 is 2.11 bits per heavy atom. The van der Waals surface area contributed by atoms with E-state index >= 15 is 0 Å². The van der Waals surface area contributed by atoms with Gasteiger partial charge in [-0.1, -0.05) is 6.42 Å². The van der Waals surface area contributed by atoms with Crippen LogP contribution in [-0.4, -0.2) is 11.0 Å². The smallest absolute Gasteiger partial charge is 0.366 e. The first-order valence-electron chi connectivity index (χ1n) is 6.16. The lowest BCUT2D eigenvalue weighted by Crippen LogP contribution is -2.31. The van der Waals surface area contributed by atoms with E-state index < -0.39 is 11.9 Å². The van der Waals surface area contributed by atoms with Crippen molar-refractivity contribution in [3.63, 3.8) is 0 Å². The molecule has 0 saturated heterocycles. The highest BCUT2D eigenvalue weighted by Gasteiger charge is 2.33. The minimum Gasteiger partial charge on any atom is -0.366 e. The van der Waals surface area contributed by atoms with Crippen molar-refractivity contribution in [1.29, 1.82) is 5.26 Å². The summed E-state index contributed by atoms with van der Waals surface area (Å²) in [4.78, 5) is 3.54. The number of aromatic nitrogens is 1. The minimum absolute atomic E-state index is 0.0247. The molecule has 1 saturated carbocycles. The van der Waals surface area contributed by atoms with Gasteiger partial charge in [0.25, 0.3) is 0 Å². The third-order valence-corrected chi connectivity index (χ3v) is 3.53. The van der Waals surface area contributed by atoms with E-state index in [1.54, 1.807) is 0 Å². The molecule has 1 aliphatic rings. The summed E-state index contributed by atoms with van der Waals surface area (Å²) < 4.78 is 37.8. The molecule has 102 valence electrons. The van der Waals surface area contributed by atoms with E-state index in [4.69, 9.17) is 5.26 Å². The summed E-state index contributed by atoms with van der Waals surface area (Å²) in [5, 5.41) is 11.9. The topological polar surface area (TPSA) is 48.7 Å². The van der Waals surface area contributed by atoms with Gasteiger partial charge in [0.2, 0.25) is 0 Å². The maximum atomic E-state index is 12.6. The Bertz CT molecular complexity index is 501. The summed E-state index contributed by atoms with van der Waals surface area (Å²) >= 11 is 0. The van der Waals surface area contributed by atoms with Crippen molar-refractivity contribution in [2.45, 2.75) is 38.4 Å². The number of halogens is 3. The Morgan fingerprint density at radius 1 is 1.42 bits per heavy atom. The van der Waals surface area contributed by atoms with Crippen LogP contribution < -0.4 is 5.32 Å². The predicted molar refractivity (Wildman–Crippen MR) is 64.4 cm³/mol. The van der Waals surface area contributed by atoms with Gasteiger partial charge in [0.1, 0.15) is 17.6 Å². The van der Waals surface area contributed by atoms with Gasteiger partial charge >= 0.3 is 6.18 Å². The van der Waals surface area contributed by atoms with Crippen LogP contribution in [0.1, 0.15) is 37.4 Å². The van der Waals surface area contributed by atoms with Gasteiger partial charge in [-0.3, -0.25) is 0 Å². The van der Waals surface area contributed by atoms with E-state index in [1.165, 1.54) is 0 Å². The van der Waals surface area contributed by atoms with Crippen LogP contribution in [0.2, 0.25) is 0 Å². The van der Waals surface area contributed by atoms with Crippen LogP contribution in [0, 0.1) is 17.2 Å². The highest BCUT2D eigenvalue weighted by molar-refractivity contribution is 5.53. The molecular formula is C13H14F3N3. The van der Waals surface area contributed by atoms with Gasteiger partial charge in [0.15, 0.2) is 0 Å². The largest absolute Gasteiger partial charge is 0.433 e. The predicted octanol–water partition coefficient (Wildman–Crippen LogP) is 3.57. The monoisotopic (exact) mass is 269 g/mol. The van der Waals surface area contributed by atoms with Gasteiger partial charge in [0.05, 0.1) is 5.56 Å². The molecular weight excluding hydrogens is 255 g/mol. The lowest BCUT2D eigenvalue weighted by molar-refractivity contribution is -0.141. The van der Waals surface area contributed by atoms with Crippen molar-refractivity contribution in [2.75, 3.05) is 5.32 Å². The van der Waals surface area contributed by atoms with Crippen LogP contribution in [0.4, 0.5) is 19.0 Å². The Morgan fingerprint density at radius 3 is 2.58 bits per heavy atom. The number of nitrogens with zero attached hydrogens (tertiary/aromatic N) is 2. The Kier molecular flexibility index (Phi) is 3.65. The lowest BCUT2D eigenvalue weighted by atomic mass is 9.80. The second kappa shape index (κ2) is 5.08. The fraction of sp³-hybridized carbons (Fsp3) is 0.538. The number of hydrogen-bond donors (Lipinski definition) is 1. The van der Waals surface area contributed by atoms with Crippen LogP contribution in [0.25, 0.3) is 0 Å². The van der Waals surface area contributed by atoms with Gasteiger partial charge in [-0.15, -0.1) is 0 Å². The van der Waals surface area contributed by atoms with Crippen molar-refractivity contribution >= 4 is 5.82 Å². The fourth-order valence-electron chi connectivity index (χ4n) is 2.09. The number of hydrogen-bond acceptors (Lipinski definition) is 3. The summed E-state index contributed by atoms with van der Waals surface area (Å²) in [5.41, 5.74) is -0.839. The summed E-state index contributed by atoms with van der Waals surface area (Å²) in [7, 11) is 0. The zero-order valence-electron chi connectivity index (χ0n) is 10.5. The number of nitriles is 1. The molecule has 1 atom stereocenters. The molecule has 1 heterocycles. The average Bonchev–Trinajstić information content (AvgIpc) is 2.25. The molecule has 1 fully saturated rings. The SMILES string of the molecule is CC(Nc1nc(C(F)(F)F)ccc1C#N)C1CCC1. The molecule has 0 amide bonds. The normalized spacial score (nSPS) is 17.4. The molecule has 0 spiro atoms. The highest BCUT2D eigenvalue weighted by Crippen LogP contribution is 2.33. The quantitative estimate of drug-likeness (QED) is 0.912. The van der Waals surface area contributed by atoms with Crippen LogP contribution in [-0.2, 0) is 6.18 Å². The number of alkyl halides is 3. The molecule has 1 N–H and O–H groups in total. The van der Waals surface area contributed by atoms with E-state index in [1.807, 2.05) is 13.0 Å². The molecule has 1 aromatic heterocycles. The second-order valence-electron chi connectivity index (χ2n) is 4.83. The van der Waals surface area contributed by atoms with E-state index in [2.05, 4.69) is 10.3 Å². The lowest BCUT2D eigenvalue weighted by Gasteiger charge is -2.32. The Balaban J connectivity index is 2.23. The third kappa shape index (κ3) is 2.98. The molecule has 6 heteroatoms. The molecule has 2 rings (SSSR count). The molecule has 1 aliphatic carbocycles. The standard InChI is InChI=1S/C13H14F3N3/c1-8(9-3-2-4-9)18-12-10(7-17)5-6-11(19-12)13(14,15)16/h5-6,8-9H,2-4H2,1H3,(H,18,19). The number of anilines is 1. The number of rotatable bonds is 3. The van der Waals surface area contributed by atoms with E-state index in [-0.39, 0.29) is 17.4 Å². The molecule has 19 heavy (non-hydrogen) atoms. The molecule has 0 aliphatic heterocycles. The van der Waals surface area contributed by atoms with Crippen LogP contribution in [0.15, 0.2) is 12.1 Å². The molecule has 3 nitrogen and oxygen atoms in total. The van der Waals surface area contributed by atoms with Crippen molar-refractivity contribution in [3.05, 3.63) is 23.4 Å².